The van der Waals surface area contributed by atoms with Gasteiger partial charge in [-0.1, -0.05) is 48.5 Å². The van der Waals surface area contributed by atoms with Crippen LogP contribution in [0.1, 0.15) is 39.1 Å². The second-order valence-electron chi connectivity index (χ2n) is 9.77. The molecular weight excluding hydrogens is 510 g/mol. The van der Waals surface area contributed by atoms with Gasteiger partial charge in [0, 0.05) is 24.2 Å². The van der Waals surface area contributed by atoms with Gasteiger partial charge >= 0.3 is 6.03 Å². The first-order valence-electron chi connectivity index (χ1n) is 12.7. The Labute approximate surface area is 229 Å². The van der Waals surface area contributed by atoms with Crippen LogP contribution < -0.4 is 10.9 Å². The van der Waals surface area contributed by atoms with Gasteiger partial charge in [0.05, 0.1) is 22.7 Å². The summed E-state index contributed by atoms with van der Waals surface area (Å²) in [5, 5.41) is 16.9. The molecule has 0 aliphatic carbocycles. The van der Waals surface area contributed by atoms with Crippen LogP contribution in [0.25, 0.3) is 11.8 Å². The number of H-pyrrole nitrogens is 1. The number of nitrogens with zero attached hydrogens (tertiary/aromatic N) is 3. The Morgan fingerprint density at radius 2 is 1.65 bits per heavy atom. The van der Waals surface area contributed by atoms with Gasteiger partial charge in [-0.05, 0) is 60.7 Å². The minimum Gasteiger partial charge on any atom is -0.303 e. The third kappa shape index (κ3) is 4.94. The summed E-state index contributed by atoms with van der Waals surface area (Å²) >= 11 is 0. The monoisotopic (exact) mass is 537 g/mol. The lowest BCUT2D eigenvalue weighted by Crippen LogP contribution is -2.30. The summed E-state index contributed by atoms with van der Waals surface area (Å²) in [6.07, 6.45) is 1.81. The zero-order chi connectivity index (χ0) is 28.6. The molecule has 10 heteroatoms. The van der Waals surface area contributed by atoms with Crippen LogP contribution in [-0.2, 0) is 17.8 Å². The summed E-state index contributed by atoms with van der Waals surface area (Å²) in [6.45, 7) is 5.73. The van der Waals surface area contributed by atoms with Gasteiger partial charge in [0.25, 0.3) is 17.2 Å². The average molecular weight is 538 g/mol. The number of nitrogens with one attached hydrogen (secondary N) is 2. The van der Waals surface area contributed by atoms with Crippen molar-refractivity contribution in [1.82, 2.24) is 20.0 Å². The molecule has 40 heavy (non-hydrogen) atoms. The first kappa shape index (κ1) is 26.4. The SMILES string of the molecule is Cc1ccccc1Cc1[nH]n(-c2cccc(C)c2C)c(=O)c1C=C1NC(=O)N(Cc2cccc([N+](=O)[O-])c2)C1=O. The molecule has 3 amide bonds. The highest BCUT2D eigenvalue weighted by Gasteiger charge is 2.34. The summed E-state index contributed by atoms with van der Waals surface area (Å²) < 4.78 is 1.46. The summed E-state index contributed by atoms with van der Waals surface area (Å²) in [5.74, 6) is -0.628. The molecule has 5 rings (SSSR count). The highest BCUT2D eigenvalue weighted by Crippen LogP contribution is 2.23. The molecule has 0 bridgehead atoms. The fraction of sp³-hybridized carbons (Fsp3) is 0.167. The molecule has 1 aliphatic rings. The van der Waals surface area contributed by atoms with Crippen molar-refractivity contribution >= 4 is 23.7 Å². The number of amides is 3. The molecule has 1 fully saturated rings. The third-order valence-corrected chi connectivity index (χ3v) is 7.16. The number of non-ortho nitro benzene ring substituents is 1. The van der Waals surface area contributed by atoms with E-state index in [9.17, 15) is 24.5 Å². The molecule has 1 saturated heterocycles. The van der Waals surface area contributed by atoms with Crippen molar-refractivity contribution in [3.8, 4) is 5.69 Å². The normalized spacial score (nSPS) is 14.2. The van der Waals surface area contributed by atoms with Gasteiger partial charge in [-0.2, -0.15) is 0 Å². The first-order chi connectivity index (χ1) is 19.1. The van der Waals surface area contributed by atoms with Gasteiger partial charge < -0.3 is 5.32 Å². The Kier molecular flexibility index (Phi) is 6.91. The molecule has 202 valence electrons. The molecule has 0 unspecified atom stereocenters. The topological polar surface area (TPSA) is 130 Å². The van der Waals surface area contributed by atoms with Crippen LogP contribution in [0.15, 0.2) is 77.2 Å². The lowest BCUT2D eigenvalue weighted by atomic mass is 10.0. The Balaban J connectivity index is 1.55. The molecule has 10 nitrogen and oxygen atoms in total. The maximum absolute atomic E-state index is 13.8. The lowest BCUT2D eigenvalue weighted by Gasteiger charge is -2.11. The largest absolute Gasteiger partial charge is 0.329 e. The van der Waals surface area contributed by atoms with Crippen molar-refractivity contribution in [3.05, 3.63) is 132 Å². The Morgan fingerprint density at radius 1 is 0.925 bits per heavy atom. The van der Waals surface area contributed by atoms with E-state index in [-0.39, 0.29) is 29.1 Å². The average Bonchev–Trinajstić information content (AvgIpc) is 3.37. The first-order valence-corrected chi connectivity index (χ1v) is 12.7. The zero-order valence-corrected chi connectivity index (χ0v) is 22.2. The van der Waals surface area contributed by atoms with Crippen molar-refractivity contribution in [2.45, 2.75) is 33.7 Å². The number of aryl methyl sites for hydroxylation is 2. The van der Waals surface area contributed by atoms with Crippen LogP contribution in [-0.4, -0.2) is 31.5 Å². The molecule has 1 aromatic heterocycles. The lowest BCUT2D eigenvalue weighted by molar-refractivity contribution is -0.384. The number of carbonyl (C=O) groups excluding carboxylic acids is 2. The predicted molar refractivity (Wildman–Crippen MR) is 150 cm³/mol. The van der Waals surface area contributed by atoms with Gasteiger partial charge in [0.2, 0.25) is 0 Å². The number of benzene rings is 3. The molecular formula is C30H27N5O5. The second-order valence-corrected chi connectivity index (χ2v) is 9.77. The molecule has 0 spiro atoms. The number of nitro benzene ring substituents is 1. The van der Waals surface area contributed by atoms with E-state index >= 15 is 0 Å². The van der Waals surface area contributed by atoms with Crippen LogP contribution in [0, 0.1) is 30.9 Å². The Bertz CT molecular complexity index is 1760. The number of hydrogen-bond donors (Lipinski definition) is 2. The maximum atomic E-state index is 13.8. The van der Waals surface area contributed by atoms with Crippen LogP contribution in [0.2, 0.25) is 0 Å². The van der Waals surface area contributed by atoms with E-state index in [0.717, 1.165) is 27.2 Å². The maximum Gasteiger partial charge on any atom is 0.329 e. The van der Waals surface area contributed by atoms with E-state index in [1.54, 1.807) is 6.07 Å². The molecule has 0 saturated carbocycles. The van der Waals surface area contributed by atoms with Crippen molar-refractivity contribution < 1.29 is 14.5 Å². The van der Waals surface area contributed by atoms with E-state index < -0.39 is 16.9 Å². The van der Waals surface area contributed by atoms with Crippen molar-refractivity contribution in [2.75, 3.05) is 0 Å². The number of nitro groups is 1. The number of carbonyl (C=O) groups is 2. The standard InChI is InChI=1S/C30H27N5O5/c1-18-9-6-13-27(20(18)3)34-28(36)24(25(32-34)15-22-11-5-4-8-19(22)2)16-26-29(37)33(30(38)31-26)17-21-10-7-12-23(14-21)35(39)40/h4-14,16,32H,15,17H2,1-3H3,(H,31,38). The summed E-state index contributed by atoms with van der Waals surface area (Å²) in [6, 6.07) is 18.6. The van der Waals surface area contributed by atoms with Gasteiger partial charge in [0.1, 0.15) is 5.70 Å². The molecule has 1 aliphatic heterocycles. The summed E-state index contributed by atoms with van der Waals surface area (Å²) in [4.78, 5) is 51.3. The predicted octanol–water partition coefficient (Wildman–Crippen LogP) is 4.68. The number of hydrogen-bond acceptors (Lipinski definition) is 5. The molecule has 4 aromatic rings. The molecule has 0 atom stereocenters. The van der Waals surface area contributed by atoms with Crippen molar-refractivity contribution in [1.29, 1.82) is 0 Å². The van der Waals surface area contributed by atoms with Crippen molar-refractivity contribution in [3.63, 3.8) is 0 Å². The van der Waals surface area contributed by atoms with E-state index in [0.29, 0.717) is 23.4 Å². The number of urea groups is 1. The number of aromatic amines is 1. The van der Waals surface area contributed by atoms with Crippen LogP contribution in [0.4, 0.5) is 10.5 Å². The summed E-state index contributed by atoms with van der Waals surface area (Å²) in [7, 11) is 0. The van der Waals surface area contributed by atoms with E-state index in [2.05, 4.69) is 10.4 Å². The fourth-order valence-corrected chi connectivity index (χ4v) is 4.74. The van der Waals surface area contributed by atoms with Crippen LogP contribution in [0.5, 0.6) is 0 Å². The van der Waals surface area contributed by atoms with Gasteiger partial charge in [-0.25, -0.2) is 9.48 Å². The number of aromatic nitrogens is 2. The third-order valence-electron chi connectivity index (χ3n) is 7.16. The Morgan fingerprint density at radius 3 is 2.40 bits per heavy atom. The van der Waals surface area contributed by atoms with Crippen LogP contribution in [0.3, 0.4) is 0 Å². The zero-order valence-electron chi connectivity index (χ0n) is 22.2. The summed E-state index contributed by atoms with van der Waals surface area (Å²) in [5.41, 5.74) is 5.43. The molecule has 0 radical (unpaired) electrons. The number of imide groups is 1. The highest BCUT2D eigenvalue weighted by molar-refractivity contribution is 6.13. The minimum atomic E-state index is -0.673. The molecule has 3 aromatic carbocycles. The second kappa shape index (κ2) is 10.5. The van der Waals surface area contributed by atoms with Gasteiger partial charge in [0.15, 0.2) is 0 Å². The fourth-order valence-electron chi connectivity index (χ4n) is 4.74. The van der Waals surface area contributed by atoms with Crippen LogP contribution >= 0.6 is 0 Å². The van der Waals surface area contributed by atoms with E-state index in [1.807, 2.05) is 63.2 Å². The number of rotatable bonds is 7. The smallest absolute Gasteiger partial charge is 0.303 e. The Hall–Kier alpha value is -5.25. The quantitative estimate of drug-likeness (QED) is 0.153. The van der Waals surface area contributed by atoms with Gasteiger partial charge in [-0.15, -0.1) is 0 Å². The highest BCUT2D eigenvalue weighted by atomic mass is 16.6. The minimum absolute atomic E-state index is 0.0503. The van der Waals surface area contributed by atoms with E-state index in [4.69, 9.17) is 0 Å². The van der Waals surface area contributed by atoms with Gasteiger partial charge in [-0.3, -0.25) is 29.7 Å². The van der Waals surface area contributed by atoms with Crippen molar-refractivity contribution in [2.24, 2.45) is 0 Å². The molecule has 2 heterocycles. The molecule has 2 N–H and O–H groups in total. The van der Waals surface area contributed by atoms with E-state index in [1.165, 1.54) is 29.0 Å².